The standard InChI is InChI=1S/C17H27N2OP/c1-3-4-11-19(21)12-6-5-10-18(2)16-7-8-17-15(14-16)9-13-20-17/h7-9,13-14H,3-6,10-12,21H2,1-2H3. The van der Waals surface area contributed by atoms with Crippen LogP contribution in [-0.2, 0) is 0 Å². The number of rotatable bonds is 9. The van der Waals surface area contributed by atoms with Gasteiger partial charge < -0.3 is 9.32 Å². The summed E-state index contributed by atoms with van der Waals surface area (Å²) in [7, 11) is 5.01. The molecule has 0 aliphatic rings. The van der Waals surface area contributed by atoms with Crippen LogP contribution in [0.5, 0.6) is 0 Å². The molecule has 1 aromatic heterocycles. The summed E-state index contributed by atoms with van der Waals surface area (Å²) < 4.78 is 7.75. The highest BCUT2D eigenvalue weighted by atomic mass is 31.0. The smallest absolute Gasteiger partial charge is 0.133 e. The van der Waals surface area contributed by atoms with E-state index in [-0.39, 0.29) is 0 Å². The van der Waals surface area contributed by atoms with Crippen molar-refractivity contribution in [1.82, 2.24) is 4.67 Å². The van der Waals surface area contributed by atoms with Crippen LogP contribution in [0.25, 0.3) is 11.0 Å². The zero-order valence-corrected chi connectivity index (χ0v) is 14.4. The highest BCUT2D eigenvalue weighted by Crippen LogP contribution is 2.22. The minimum atomic E-state index is 0.960. The lowest BCUT2D eigenvalue weighted by Gasteiger charge is -2.20. The number of unbranched alkanes of at least 4 members (excludes halogenated alkanes) is 2. The first-order valence-electron chi connectivity index (χ1n) is 7.88. The van der Waals surface area contributed by atoms with Gasteiger partial charge >= 0.3 is 0 Å². The highest BCUT2D eigenvalue weighted by molar-refractivity contribution is 7.13. The van der Waals surface area contributed by atoms with Crippen molar-refractivity contribution in [2.75, 3.05) is 31.6 Å². The Balaban J connectivity index is 1.72. The quantitative estimate of drug-likeness (QED) is 0.501. The number of nitrogens with zero attached hydrogens (tertiary/aromatic N) is 2. The van der Waals surface area contributed by atoms with E-state index in [0.717, 1.165) is 12.1 Å². The molecular weight excluding hydrogens is 279 g/mol. The van der Waals surface area contributed by atoms with E-state index in [1.54, 1.807) is 6.26 Å². The van der Waals surface area contributed by atoms with Gasteiger partial charge in [-0.15, -0.1) is 0 Å². The Morgan fingerprint density at radius 2 is 1.81 bits per heavy atom. The molecule has 0 spiro atoms. The summed E-state index contributed by atoms with van der Waals surface area (Å²) >= 11 is 0. The van der Waals surface area contributed by atoms with Crippen LogP contribution in [0.2, 0.25) is 0 Å². The minimum Gasteiger partial charge on any atom is -0.464 e. The van der Waals surface area contributed by atoms with Gasteiger partial charge in [0.2, 0.25) is 0 Å². The Labute approximate surface area is 130 Å². The first-order valence-corrected chi connectivity index (χ1v) is 8.40. The summed E-state index contributed by atoms with van der Waals surface area (Å²) in [6.45, 7) is 5.69. The molecule has 3 nitrogen and oxygen atoms in total. The van der Waals surface area contributed by atoms with Crippen molar-refractivity contribution in [1.29, 1.82) is 0 Å². The predicted molar refractivity (Wildman–Crippen MR) is 94.9 cm³/mol. The predicted octanol–water partition coefficient (Wildman–Crippen LogP) is 4.54. The SMILES string of the molecule is CCCCN(P)CCCCN(C)c1ccc2occc2c1. The largest absolute Gasteiger partial charge is 0.464 e. The van der Waals surface area contributed by atoms with Gasteiger partial charge in [0.15, 0.2) is 0 Å². The zero-order chi connectivity index (χ0) is 15.1. The summed E-state index contributed by atoms with van der Waals surface area (Å²) in [5.41, 5.74) is 2.22. The summed E-state index contributed by atoms with van der Waals surface area (Å²) in [6.07, 6.45) is 6.76. The molecule has 0 aliphatic heterocycles. The first kappa shape index (κ1) is 16.3. The van der Waals surface area contributed by atoms with E-state index in [1.165, 1.54) is 49.8 Å². The molecule has 0 saturated heterocycles. The van der Waals surface area contributed by atoms with E-state index in [2.05, 4.69) is 51.1 Å². The van der Waals surface area contributed by atoms with E-state index >= 15 is 0 Å². The number of benzene rings is 1. The number of fused-ring (bicyclic) bond motifs is 1. The van der Waals surface area contributed by atoms with Crippen molar-refractivity contribution in [3.8, 4) is 0 Å². The van der Waals surface area contributed by atoms with Crippen LogP contribution in [0.15, 0.2) is 34.9 Å². The molecule has 21 heavy (non-hydrogen) atoms. The summed E-state index contributed by atoms with van der Waals surface area (Å²) in [5.74, 6) is 0. The number of anilines is 1. The van der Waals surface area contributed by atoms with Crippen LogP contribution in [0.4, 0.5) is 5.69 Å². The third-order valence-corrected chi connectivity index (χ3v) is 4.38. The number of furan rings is 1. The molecule has 0 radical (unpaired) electrons. The second-order valence-corrected chi connectivity index (χ2v) is 6.39. The van der Waals surface area contributed by atoms with Gasteiger partial charge in [-0.2, -0.15) is 0 Å². The van der Waals surface area contributed by atoms with Crippen molar-refractivity contribution in [2.45, 2.75) is 32.6 Å². The van der Waals surface area contributed by atoms with E-state index in [4.69, 9.17) is 4.42 Å². The Morgan fingerprint density at radius 3 is 2.62 bits per heavy atom. The Morgan fingerprint density at radius 1 is 1.05 bits per heavy atom. The van der Waals surface area contributed by atoms with E-state index in [0.29, 0.717) is 0 Å². The fourth-order valence-electron chi connectivity index (χ4n) is 2.46. The molecule has 0 saturated carbocycles. The molecule has 1 unspecified atom stereocenters. The normalized spacial score (nSPS) is 11.4. The average Bonchev–Trinajstić information content (AvgIpc) is 2.96. The molecular formula is C17H27N2OP. The molecule has 2 rings (SSSR count). The van der Waals surface area contributed by atoms with Crippen LogP contribution in [0.1, 0.15) is 32.6 Å². The molecule has 4 heteroatoms. The third kappa shape index (κ3) is 5.01. The Bertz CT molecular complexity index is 540. The van der Waals surface area contributed by atoms with Crippen molar-refractivity contribution < 1.29 is 4.42 Å². The summed E-state index contributed by atoms with van der Waals surface area (Å²) in [4.78, 5) is 2.33. The maximum Gasteiger partial charge on any atom is 0.133 e. The van der Waals surface area contributed by atoms with Crippen LogP contribution >= 0.6 is 9.39 Å². The molecule has 1 heterocycles. The molecule has 0 amide bonds. The van der Waals surface area contributed by atoms with E-state index in [9.17, 15) is 0 Å². The third-order valence-electron chi connectivity index (χ3n) is 3.86. The van der Waals surface area contributed by atoms with Crippen LogP contribution in [0, 0.1) is 0 Å². The summed E-state index contributed by atoms with van der Waals surface area (Å²) in [5, 5.41) is 1.18. The van der Waals surface area contributed by atoms with Gasteiger partial charge in [0.1, 0.15) is 5.58 Å². The monoisotopic (exact) mass is 306 g/mol. The fourth-order valence-corrected chi connectivity index (χ4v) is 2.82. The van der Waals surface area contributed by atoms with Crippen molar-refractivity contribution in [3.63, 3.8) is 0 Å². The lowest BCUT2D eigenvalue weighted by molar-refractivity contribution is 0.439. The average molecular weight is 306 g/mol. The molecule has 0 fully saturated rings. The van der Waals surface area contributed by atoms with Crippen LogP contribution in [-0.4, -0.2) is 31.4 Å². The molecule has 0 aliphatic carbocycles. The van der Waals surface area contributed by atoms with Crippen molar-refractivity contribution in [2.24, 2.45) is 0 Å². The van der Waals surface area contributed by atoms with Gasteiger partial charge in [-0.25, -0.2) is 0 Å². The van der Waals surface area contributed by atoms with Gasteiger partial charge in [0.05, 0.1) is 6.26 Å². The molecule has 1 aromatic carbocycles. The number of hydrogen-bond donors (Lipinski definition) is 0. The van der Waals surface area contributed by atoms with Crippen molar-refractivity contribution in [3.05, 3.63) is 30.5 Å². The van der Waals surface area contributed by atoms with Crippen LogP contribution in [0.3, 0.4) is 0 Å². The van der Waals surface area contributed by atoms with Crippen LogP contribution < -0.4 is 4.90 Å². The molecule has 1 atom stereocenters. The topological polar surface area (TPSA) is 19.6 Å². The highest BCUT2D eigenvalue weighted by Gasteiger charge is 2.04. The lowest BCUT2D eigenvalue weighted by atomic mass is 10.2. The Kier molecular flexibility index (Phi) is 6.53. The van der Waals surface area contributed by atoms with Gasteiger partial charge in [0, 0.05) is 37.8 Å². The van der Waals surface area contributed by atoms with Gasteiger partial charge in [0.25, 0.3) is 0 Å². The van der Waals surface area contributed by atoms with Gasteiger partial charge in [-0.3, -0.25) is 4.67 Å². The number of hydrogen-bond acceptors (Lipinski definition) is 3. The first-order chi connectivity index (χ1) is 10.2. The Hall–Kier alpha value is -1.05. The van der Waals surface area contributed by atoms with Crippen molar-refractivity contribution >= 4 is 26.0 Å². The molecule has 0 bridgehead atoms. The van der Waals surface area contributed by atoms with E-state index < -0.39 is 0 Å². The molecule has 0 N–H and O–H groups in total. The summed E-state index contributed by atoms with van der Waals surface area (Å²) in [6, 6.07) is 8.40. The molecule has 2 aromatic rings. The second-order valence-electron chi connectivity index (χ2n) is 5.66. The van der Waals surface area contributed by atoms with E-state index in [1.807, 2.05) is 6.07 Å². The van der Waals surface area contributed by atoms with Gasteiger partial charge in [-0.05, 0) is 43.5 Å². The second kappa shape index (κ2) is 8.41. The maximum absolute atomic E-state index is 5.38. The van der Waals surface area contributed by atoms with Gasteiger partial charge in [-0.1, -0.05) is 22.7 Å². The molecule has 116 valence electrons. The minimum absolute atomic E-state index is 0.960. The fraction of sp³-hybridized carbons (Fsp3) is 0.529. The lowest BCUT2D eigenvalue weighted by Crippen LogP contribution is -2.20. The zero-order valence-electron chi connectivity index (χ0n) is 13.2. The maximum atomic E-state index is 5.38.